The van der Waals surface area contributed by atoms with Gasteiger partial charge >= 0.3 is 6.18 Å². The molecule has 0 aromatic carbocycles. The van der Waals surface area contributed by atoms with E-state index in [-0.39, 0.29) is 13.1 Å². The van der Waals surface area contributed by atoms with Crippen LogP contribution in [0.1, 0.15) is 0 Å². The third kappa shape index (κ3) is 2.82. The lowest BCUT2D eigenvalue weighted by molar-refractivity contribution is -0.160. The molecule has 0 amide bonds. The zero-order chi connectivity index (χ0) is 11.0. The molecule has 14 heavy (non-hydrogen) atoms. The minimum atomic E-state index is -4.40. The number of halogens is 3. The van der Waals surface area contributed by atoms with Crippen molar-refractivity contribution in [1.29, 1.82) is 0 Å². The minimum absolute atomic E-state index is 0.0250. The molecule has 0 aromatic rings. The fraction of sp³-hybridized carbons (Fsp3) is 1.00. The van der Waals surface area contributed by atoms with Crippen molar-refractivity contribution < 1.29 is 21.6 Å². The number of rotatable bonds is 1. The maximum Gasteiger partial charge on any atom is 0.405 e. The SMILES string of the molecule is CS(=O)(=O)N1CCNC(C(F)(F)F)C1. The molecule has 1 N–H and O–H groups in total. The first kappa shape index (κ1) is 11.7. The lowest BCUT2D eigenvalue weighted by Crippen LogP contribution is -2.57. The molecular weight excluding hydrogens is 221 g/mol. The summed E-state index contributed by atoms with van der Waals surface area (Å²) in [4.78, 5) is 0. The first-order valence-corrected chi connectivity index (χ1v) is 5.81. The molecule has 0 aromatic heterocycles. The Kier molecular flexibility index (Phi) is 3.07. The minimum Gasteiger partial charge on any atom is -0.304 e. The third-order valence-corrected chi connectivity index (χ3v) is 3.27. The average molecular weight is 232 g/mol. The van der Waals surface area contributed by atoms with Crippen LogP contribution in [0.4, 0.5) is 13.2 Å². The second-order valence-corrected chi connectivity index (χ2v) is 5.15. The van der Waals surface area contributed by atoms with E-state index in [1.807, 2.05) is 0 Å². The topological polar surface area (TPSA) is 49.4 Å². The van der Waals surface area contributed by atoms with Crippen LogP contribution in [-0.4, -0.2) is 50.8 Å². The monoisotopic (exact) mass is 232 g/mol. The van der Waals surface area contributed by atoms with Crippen molar-refractivity contribution in [3.05, 3.63) is 0 Å². The predicted molar refractivity (Wildman–Crippen MR) is 44.3 cm³/mol. The maximum absolute atomic E-state index is 12.2. The molecule has 1 aliphatic rings. The highest BCUT2D eigenvalue weighted by molar-refractivity contribution is 7.88. The summed E-state index contributed by atoms with van der Waals surface area (Å²) < 4.78 is 59.5. The third-order valence-electron chi connectivity index (χ3n) is 2.00. The van der Waals surface area contributed by atoms with E-state index in [9.17, 15) is 21.6 Å². The molecule has 8 heteroatoms. The molecule has 1 fully saturated rings. The maximum atomic E-state index is 12.2. The summed E-state index contributed by atoms with van der Waals surface area (Å²) in [5.74, 6) is 0. The Morgan fingerprint density at radius 2 is 2.00 bits per heavy atom. The van der Waals surface area contributed by atoms with Crippen molar-refractivity contribution >= 4 is 10.0 Å². The summed E-state index contributed by atoms with van der Waals surface area (Å²) in [6.45, 7) is -0.426. The quantitative estimate of drug-likeness (QED) is 0.680. The number of nitrogens with zero attached hydrogens (tertiary/aromatic N) is 1. The number of alkyl halides is 3. The van der Waals surface area contributed by atoms with Gasteiger partial charge in [-0.25, -0.2) is 8.42 Å². The van der Waals surface area contributed by atoms with E-state index in [4.69, 9.17) is 0 Å². The summed E-state index contributed by atoms with van der Waals surface area (Å²) in [5, 5.41) is 2.23. The van der Waals surface area contributed by atoms with E-state index in [1.54, 1.807) is 0 Å². The van der Waals surface area contributed by atoms with Crippen LogP contribution in [-0.2, 0) is 10.0 Å². The van der Waals surface area contributed by atoms with Gasteiger partial charge in [-0.15, -0.1) is 0 Å². The molecule has 0 radical (unpaired) electrons. The number of nitrogens with one attached hydrogen (secondary N) is 1. The Morgan fingerprint density at radius 3 is 2.43 bits per heavy atom. The zero-order valence-electron chi connectivity index (χ0n) is 7.50. The average Bonchev–Trinajstić information content (AvgIpc) is 2.01. The largest absolute Gasteiger partial charge is 0.405 e. The van der Waals surface area contributed by atoms with E-state index in [0.717, 1.165) is 10.6 Å². The molecule has 0 aliphatic carbocycles. The first-order chi connectivity index (χ1) is 6.21. The van der Waals surface area contributed by atoms with Gasteiger partial charge in [0.05, 0.1) is 6.26 Å². The van der Waals surface area contributed by atoms with Crippen LogP contribution in [0.3, 0.4) is 0 Å². The molecular formula is C6H11F3N2O2S. The van der Waals surface area contributed by atoms with Crippen molar-refractivity contribution in [3.63, 3.8) is 0 Å². The van der Waals surface area contributed by atoms with Gasteiger partial charge in [0.1, 0.15) is 6.04 Å². The molecule has 1 heterocycles. The number of hydrogen-bond donors (Lipinski definition) is 1. The molecule has 4 nitrogen and oxygen atoms in total. The number of sulfonamides is 1. The van der Waals surface area contributed by atoms with Crippen molar-refractivity contribution in [1.82, 2.24) is 9.62 Å². The lowest BCUT2D eigenvalue weighted by Gasteiger charge is -2.32. The highest BCUT2D eigenvalue weighted by atomic mass is 32.2. The standard InChI is InChI=1S/C6H11F3N2O2S/c1-14(12,13)11-3-2-10-5(4-11)6(7,8)9/h5,10H,2-4H2,1H3. The Hall–Kier alpha value is -0.340. The Bertz CT molecular complexity index is 301. The second-order valence-electron chi connectivity index (χ2n) is 3.17. The summed E-state index contributed by atoms with van der Waals surface area (Å²) in [6.07, 6.45) is -3.49. The van der Waals surface area contributed by atoms with Gasteiger partial charge in [0, 0.05) is 19.6 Å². The summed E-state index contributed by atoms with van der Waals surface area (Å²) >= 11 is 0. The van der Waals surface area contributed by atoms with Gasteiger partial charge in [-0.05, 0) is 0 Å². The molecule has 1 rings (SSSR count). The van der Waals surface area contributed by atoms with Gasteiger partial charge in [-0.1, -0.05) is 0 Å². The van der Waals surface area contributed by atoms with Crippen molar-refractivity contribution in [2.24, 2.45) is 0 Å². The Morgan fingerprint density at radius 1 is 1.43 bits per heavy atom. The van der Waals surface area contributed by atoms with E-state index >= 15 is 0 Å². The molecule has 1 unspecified atom stereocenters. The zero-order valence-corrected chi connectivity index (χ0v) is 8.32. The first-order valence-electron chi connectivity index (χ1n) is 3.96. The van der Waals surface area contributed by atoms with Gasteiger partial charge < -0.3 is 5.32 Å². The second kappa shape index (κ2) is 3.67. The molecule has 1 saturated heterocycles. The van der Waals surface area contributed by atoms with Crippen LogP contribution in [0, 0.1) is 0 Å². The van der Waals surface area contributed by atoms with Crippen LogP contribution in [0.25, 0.3) is 0 Å². The van der Waals surface area contributed by atoms with Crippen LogP contribution in [0.15, 0.2) is 0 Å². The van der Waals surface area contributed by atoms with Gasteiger partial charge in [0.15, 0.2) is 0 Å². The van der Waals surface area contributed by atoms with Crippen LogP contribution < -0.4 is 5.32 Å². The fourth-order valence-corrected chi connectivity index (χ4v) is 2.09. The molecule has 1 atom stereocenters. The van der Waals surface area contributed by atoms with Gasteiger partial charge in [0.2, 0.25) is 10.0 Å². The van der Waals surface area contributed by atoms with Crippen molar-refractivity contribution in [2.75, 3.05) is 25.9 Å². The van der Waals surface area contributed by atoms with Crippen LogP contribution in [0.5, 0.6) is 0 Å². The molecule has 1 aliphatic heterocycles. The van der Waals surface area contributed by atoms with E-state index in [2.05, 4.69) is 5.32 Å². The van der Waals surface area contributed by atoms with E-state index < -0.39 is 28.8 Å². The van der Waals surface area contributed by atoms with E-state index in [1.165, 1.54) is 0 Å². The molecule has 0 saturated carbocycles. The highest BCUT2D eigenvalue weighted by Crippen LogP contribution is 2.23. The number of piperazine rings is 1. The van der Waals surface area contributed by atoms with Gasteiger partial charge in [-0.3, -0.25) is 0 Å². The van der Waals surface area contributed by atoms with E-state index in [0.29, 0.717) is 0 Å². The van der Waals surface area contributed by atoms with Crippen molar-refractivity contribution in [2.45, 2.75) is 12.2 Å². The molecule has 0 bridgehead atoms. The Labute approximate surface area is 80.1 Å². The molecule has 0 spiro atoms. The smallest absolute Gasteiger partial charge is 0.304 e. The normalized spacial score (nSPS) is 26.4. The van der Waals surface area contributed by atoms with Crippen LogP contribution in [0.2, 0.25) is 0 Å². The van der Waals surface area contributed by atoms with Crippen molar-refractivity contribution in [3.8, 4) is 0 Å². The highest BCUT2D eigenvalue weighted by Gasteiger charge is 2.43. The predicted octanol–water partition coefficient (Wildman–Crippen LogP) is -0.218. The number of hydrogen-bond acceptors (Lipinski definition) is 3. The van der Waals surface area contributed by atoms with Gasteiger partial charge in [-0.2, -0.15) is 17.5 Å². The fourth-order valence-electron chi connectivity index (χ4n) is 1.24. The summed E-state index contributed by atoms with van der Waals surface area (Å²) in [6, 6.07) is -1.76. The van der Waals surface area contributed by atoms with Crippen LogP contribution >= 0.6 is 0 Å². The summed E-state index contributed by atoms with van der Waals surface area (Å²) in [7, 11) is -3.53. The summed E-state index contributed by atoms with van der Waals surface area (Å²) in [5.41, 5.74) is 0. The Balaban J connectivity index is 2.71. The lowest BCUT2D eigenvalue weighted by atomic mass is 10.2. The van der Waals surface area contributed by atoms with Gasteiger partial charge in [0.25, 0.3) is 0 Å². The molecule has 84 valence electrons.